The lowest BCUT2D eigenvalue weighted by atomic mass is 10.3. The molecular formula is C12H20OSi. The van der Waals surface area contributed by atoms with Crippen LogP contribution in [0.1, 0.15) is 13.3 Å². The normalized spacial score (nSPS) is 14.0. The predicted molar refractivity (Wildman–Crippen MR) is 64.7 cm³/mol. The van der Waals surface area contributed by atoms with E-state index in [0.29, 0.717) is 0 Å². The lowest BCUT2D eigenvalue weighted by molar-refractivity contribution is 0.190. The zero-order valence-electron chi connectivity index (χ0n) is 9.33. The minimum Gasteiger partial charge on any atom is -0.393 e. The molecule has 1 nitrogen and oxygen atoms in total. The molecule has 0 unspecified atom stereocenters. The Labute approximate surface area is 87.8 Å². The van der Waals surface area contributed by atoms with Crippen molar-refractivity contribution in [1.29, 1.82) is 0 Å². The molecule has 0 aliphatic carbocycles. The molecular weight excluding hydrogens is 188 g/mol. The van der Waals surface area contributed by atoms with E-state index in [1.807, 2.05) is 6.92 Å². The SMILES string of the molecule is C[C@@H](O)CC[Si](C)(C)c1ccccc1. The number of hydrogen-bond acceptors (Lipinski definition) is 1. The summed E-state index contributed by atoms with van der Waals surface area (Å²) < 4.78 is 0. The van der Waals surface area contributed by atoms with Crippen LogP contribution in [0, 0.1) is 0 Å². The largest absolute Gasteiger partial charge is 0.393 e. The second-order valence-electron chi connectivity index (χ2n) is 4.64. The first-order chi connectivity index (χ1) is 6.52. The van der Waals surface area contributed by atoms with Gasteiger partial charge in [0, 0.05) is 0 Å². The summed E-state index contributed by atoms with van der Waals surface area (Å²) in [6.07, 6.45) is 0.763. The van der Waals surface area contributed by atoms with Gasteiger partial charge in [-0.15, -0.1) is 0 Å². The van der Waals surface area contributed by atoms with E-state index < -0.39 is 8.07 Å². The third-order valence-corrected chi connectivity index (χ3v) is 6.18. The molecule has 0 spiro atoms. The van der Waals surface area contributed by atoms with E-state index in [1.54, 1.807) is 0 Å². The Balaban J connectivity index is 2.66. The highest BCUT2D eigenvalue weighted by molar-refractivity contribution is 6.89. The summed E-state index contributed by atoms with van der Waals surface area (Å²) in [6, 6.07) is 11.9. The van der Waals surface area contributed by atoms with Crippen LogP contribution in [0.5, 0.6) is 0 Å². The van der Waals surface area contributed by atoms with Gasteiger partial charge in [-0.25, -0.2) is 0 Å². The van der Waals surface area contributed by atoms with Crippen LogP contribution in [0.3, 0.4) is 0 Å². The molecule has 0 amide bonds. The molecule has 0 fully saturated rings. The van der Waals surface area contributed by atoms with Gasteiger partial charge in [0.2, 0.25) is 0 Å². The van der Waals surface area contributed by atoms with E-state index in [4.69, 9.17) is 0 Å². The number of aliphatic hydroxyl groups is 1. The summed E-state index contributed by atoms with van der Waals surface area (Å²) in [5, 5.41) is 10.8. The fourth-order valence-electron chi connectivity index (χ4n) is 1.60. The van der Waals surface area contributed by atoms with Crippen LogP contribution in [0.4, 0.5) is 0 Å². The number of aliphatic hydroxyl groups excluding tert-OH is 1. The van der Waals surface area contributed by atoms with Gasteiger partial charge in [0.25, 0.3) is 0 Å². The van der Waals surface area contributed by atoms with E-state index in [-0.39, 0.29) is 6.10 Å². The minimum absolute atomic E-state index is 0.162. The summed E-state index contributed by atoms with van der Waals surface area (Å²) in [7, 11) is -1.30. The van der Waals surface area contributed by atoms with Crippen molar-refractivity contribution in [2.24, 2.45) is 0 Å². The molecule has 1 N–H and O–H groups in total. The second kappa shape index (κ2) is 4.76. The Morgan fingerprint density at radius 2 is 1.79 bits per heavy atom. The lowest BCUT2D eigenvalue weighted by Gasteiger charge is -2.23. The van der Waals surface area contributed by atoms with Crippen LogP contribution < -0.4 is 5.19 Å². The minimum atomic E-state index is -1.30. The van der Waals surface area contributed by atoms with Crippen molar-refractivity contribution in [3.8, 4) is 0 Å². The van der Waals surface area contributed by atoms with Crippen molar-refractivity contribution in [1.82, 2.24) is 0 Å². The molecule has 1 atom stereocenters. The molecule has 14 heavy (non-hydrogen) atoms. The maximum Gasteiger partial charge on any atom is 0.0807 e. The predicted octanol–water partition coefficient (Wildman–Crippen LogP) is 2.37. The molecule has 0 aliphatic heterocycles. The summed E-state index contributed by atoms with van der Waals surface area (Å²) in [5.74, 6) is 0. The van der Waals surface area contributed by atoms with Crippen molar-refractivity contribution >= 4 is 13.3 Å². The van der Waals surface area contributed by atoms with E-state index in [0.717, 1.165) is 12.5 Å². The van der Waals surface area contributed by atoms with Gasteiger partial charge < -0.3 is 5.11 Å². The average molecular weight is 208 g/mol. The molecule has 0 saturated heterocycles. The third-order valence-electron chi connectivity index (χ3n) is 2.74. The smallest absolute Gasteiger partial charge is 0.0807 e. The molecule has 0 aliphatic rings. The lowest BCUT2D eigenvalue weighted by Crippen LogP contribution is -2.41. The van der Waals surface area contributed by atoms with Gasteiger partial charge in [0.05, 0.1) is 14.2 Å². The van der Waals surface area contributed by atoms with Gasteiger partial charge in [-0.05, 0) is 13.3 Å². The summed E-state index contributed by atoms with van der Waals surface area (Å²) in [5.41, 5.74) is 0. The molecule has 1 aromatic carbocycles. The first-order valence-corrected chi connectivity index (χ1v) is 8.47. The van der Waals surface area contributed by atoms with Crippen molar-refractivity contribution in [2.75, 3.05) is 0 Å². The average Bonchev–Trinajstić information content (AvgIpc) is 2.16. The van der Waals surface area contributed by atoms with E-state index in [1.165, 1.54) is 5.19 Å². The van der Waals surface area contributed by atoms with Crippen LogP contribution in [0.25, 0.3) is 0 Å². The number of rotatable bonds is 4. The van der Waals surface area contributed by atoms with Crippen LogP contribution in [0.2, 0.25) is 19.1 Å². The molecule has 78 valence electrons. The van der Waals surface area contributed by atoms with Gasteiger partial charge in [-0.2, -0.15) is 0 Å². The summed E-state index contributed by atoms with van der Waals surface area (Å²) in [6.45, 7) is 6.60. The van der Waals surface area contributed by atoms with Crippen molar-refractivity contribution in [2.45, 2.75) is 38.6 Å². The molecule has 2 heteroatoms. The Hall–Kier alpha value is -0.603. The summed E-state index contributed by atoms with van der Waals surface area (Å²) >= 11 is 0. The molecule has 0 aromatic heterocycles. The highest BCUT2D eigenvalue weighted by atomic mass is 28.3. The van der Waals surface area contributed by atoms with E-state index >= 15 is 0 Å². The number of hydrogen-bond donors (Lipinski definition) is 1. The standard InChI is InChI=1S/C12H20OSi/c1-11(13)9-10-14(2,3)12-7-5-4-6-8-12/h4-8,11,13H,9-10H2,1-3H3/t11-/m1/s1. The van der Waals surface area contributed by atoms with Crippen molar-refractivity contribution in [3.63, 3.8) is 0 Å². The summed E-state index contributed by atoms with van der Waals surface area (Å²) in [4.78, 5) is 0. The van der Waals surface area contributed by atoms with Gasteiger partial charge >= 0.3 is 0 Å². The maximum atomic E-state index is 9.28. The first kappa shape index (κ1) is 11.5. The van der Waals surface area contributed by atoms with Crippen LogP contribution >= 0.6 is 0 Å². The van der Waals surface area contributed by atoms with Crippen molar-refractivity contribution < 1.29 is 5.11 Å². The fraction of sp³-hybridized carbons (Fsp3) is 0.500. The molecule has 0 radical (unpaired) electrons. The third kappa shape index (κ3) is 3.27. The Kier molecular flexibility index (Phi) is 3.90. The zero-order valence-corrected chi connectivity index (χ0v) is 10.3. The Morgan fingerprint density at radius 1 is 1.21 bits per heavy atom. The van der Waals surface area contributed by atoms with Crippen LogP contribution in [-0.2, 0) is 0 Å². The molecule has 0 heterocycles. The topological polar surface area (TPSA) is 20.2 Å². The van der Waals surface area contributed by atoms with Crippen LogP contribution in [0.15, 0.2) is 30.3 Å². The van der Waals surface area contributed by atoms with Gasteiger partial charge in [0.15, 0.2) is 0 Å². The fourth-order valence-corrected chi connectivity index (χ4v) is 4.13. The number of benzene rings is 1. The van der Waals surface area contributed by atoms with Gasteiger partial charge in [-0.3, -0.25) is 0 Å². The Bertz CT molecular complexity index is 267. The van der Waals surface area contributed by atoms with E-state index in [2.05, 4.69) is 43.4 Å². The monoisotopic (exact) mass is 208 g/mol. The molecule has 0 bridgehead atoms. The highest BCUT2D eigenvalue weighted by Crippen LogP contribution is 2.13. The van der Waals surface area contributed by atoms with E-state index in [9.17, 15) is 5.11 Å². The highest BCUT2D eigenvalue weighted by Gasteiger charge is 2.22. The van der Waals surface area contributed by atoms with Gasteiger partial charge in [0.1, 0.15) is 0 Å². The molecule has 1 rings (SSSR count). The quantitative estimate of drug-likeness (QED) is 0.753. The zero-order chi connectivity index (χ0) is 10.6. The first-order valence-electron chi connectivity index (χ1n) is 5.26. The van der Waals surface area contributed by atoms with Gasteiger partial charge in [-0.1, -0.05) is 54.7 Å². The second-order valence-corrected chi connectivity index (χ2v) is 9.48. The Morgan fingerprint density at radius 3 is 2.29 bits per heavy atom. The van der Waals surface area contributed by atoms with Crippen LogP contribution in [-0.4, -0.2) is 19.3 Å². The van der Waals surface area contributed by atoms with Crippen molar-refractivity contribution in [3.05, 3.63) is 30.3 Å². The molecule has 1 aromatic rings. The molecule has 0 saturated carbocycles. The maximum absolute atomic E-state index is 9.28.